The van der Waals surface area contributed by atoms with Crippen LogP contribution in [0.15, 0.2) is 168 Å². The molecule has 47 heavy (non-hydrogen) atoms. The maximum atomic E-state index is 6.81. The normalized spacial score (nSPS) is 11.4. The largest absolute Gasteiger partial charge is 0.455 e. The van der Waals surface area contributed by atoms with Gasteiger partial charge in [-0.15, -0.1) is 0 Å². The second-order valence-corrected chi connectivity index (χ2v) is 11.6. The molecule has 0 aliphatic rings. The molecule has 9 aromatic rings. The van der Waals surface area contributed by atoms with E-state index in [9.17, 15) is 0 Å². The summed E-state index contributed by atoms with van der Waals surface area (Å²) in [5.74, 6) is 1.79. The van der Waals surface area contributed by atoms with E-state index < -0.39 is 0 Å². The molecule has 4 nitrogen and oxygen atoms in total. The van der Waals surface area contributed by atoms with E-state index in [4.69, 9.17) is 19.4 Å². The highest BCUT2D eigenvalue weighted by molar-refractivity contribution is 6.20. The number of hydrogen-bond acceptors (Lipinski definition) is 4. The first-order valence-electron chi connectivity index (χ1n) is 15.7. The van der Waals surface area contributed by atoms with Crippen molar-refractivity contribution in [2.75, 3.05) is 0 Å². The maximum absolute atomic E-state index is 6.81. The number of aromatic nitrogens is 3. The van der Waals surface area contributed by atoms with Crippen molar-refractivity contribution in [3.8, 4) is 56.4 Å². The van der Waals surface area contributed by atoms with Crippen LogP contribution in [0.2, 0.25) is 0 Å². The third-order valence-electron chi connectivity index (χ3n) is 8.73. The molecule has 0 radical (unpaired) electrons. The molecule has 220 valence electrons. The van der Waals surface area contributed by atoms with Crippen molar-refractivity contribution in [2.24, 2.45) is 0 Å². The van der Waals surface area contributed by atoms with Crippen LogP contribution in [0, 0.1) is 0 Å². The summed E-state index contributed by atoms with van der Waals surface area (Å²) in [5.41, 5.74) is 8.87. The van der Waals surface area contributed by atoms with Crippen molar-refractivity contribution in [1.29, 1.82) is 0 Å². The molecule has 7 aromatic carbocycles. The molecule has 0 saturated carbocycles. The lowest BCUT2D eigenvalue weighted by atomic mass is 9.95. The molecular weight excluding hydrogens is 574 g/mol. The smallest absolute Gasteiger partial charge is 0.167 e. The van der Waals surface area contributed by atoms with Crippen molar-refractivity contribution in [1.82, 2.24) is 15.0 Å². The Kier molecular flexibility index (Phi) is 6.43. The zero-order valence-corrected chi connectivity index (χ0v) is 25.3. The first kappa shape index (κ1) is 27.0. The predicted molar refractivity (Wildman–Crippen MR) is 192 cm³/mol. The molecule has 9 rings (SSSR count). The van der Waals surface area contributed by atoms with Gasteiger partial charge in [0.15, 0.2) is 17.5 Å². The van der Waals surface area contributed by atoms with Crippen LogP contribution in [0.4, 0.5) is 0 Å². The Hall–Kier alpha value is -6.39. The van der Waals surface area contributed by atoms with Gasteiger partial charge in [0, 0.05) is 27.3 Å². The van der Waals surface area contributed by atoms with E-state index >= 15 is 0 Å². The molecular formula is C43H27N3O. The van der Waals surface area contributed by atoms with Gasteiger partial charge in [0.2, 0.25) is 0 Å². The van der Waals surface area contributed by atoms with Crippen molar-refractivity contribution in [3.63, 3.8) is 0 Å². The molecule has 4 heteroatoms. The van der Waals surface area contributed by atoms with Gasteiger partial charge in [-0.25, -0.2) is 15.0 Å². The number of para-hydroxylation sites is 1. The van der Waals surface area contributed by atoms with Crippen molar-refractivity contribution in [3.05, 3.63) is 164 Å². The lowest BCUT2D eigenvalue weighted by Gasteiger charge is -2.10. The Morgan fingerprint density at radius 1 is 0.298 bits per heavy atom. The molecule has 0 unspecified atom stereocenters. The minimum absolute atomic E-state index is 0.566. The van der Waals surface area contributed by atoms with Gasteiger partial charge in [0.25, 0.3) is 0 Å². The van der Waals surface area contributed by atoms with Gasteiger partial charge in [-0.1, -0.05) is 146 Å². The number of furan rings is 1. The molecule has 0 fully saturated rings. The van der Waals surface area contributed by atoms with Crippen LogP contribution in [-0.4, -0.2) is 15.0 Å². The Morgan fingerprint density at radius 3 is 1.55 bits per heavy atom. The van der Waals surface area contributed by atoms with Gasteiger partial charge >= 0.3 is 0 Å². The number of nitrogens with zero attached hydrogens (tertiary/aromatic N) is 3. The van der Waals surface area contributed by atoms with Crippen LogP contribution >= 0.6 is 0 Å². The molecule has 0 atom stereocenters. The lowest BCUT2D eigenvalue weighted by molar-refractivity contribution is 0.673. The Morgan fingerprint density at radius 2 is 0.809 bits per heavy atom. The van der Waals surface area contributed by atoms with E-state index in [1.54, 1.807) is 0 Å². The highest BCUT2D eigenvalue weighted by Crippen LogP contribution is 2.42. The third-order valence-corrected chi connectivity index (χ3v) is 8.73. The van der Waals surface area contributed by atoms with Crippen molar-refractivity contribution >= 4 is 32.7 Å². The van der Waals surface area contributed by atoms with Crippen LogP contribution in [0.3, 0.4) is 0 Å². The molecule has 0 N–H and O–H groups in total. The summed E-state index contributed by atoms with van der Waals surface area (Å²) in [6.45, 7) is 0. The minimum atomic E-state index is 0.566. The number of rotatable bonds is 5. The summed E-state index contributed by atoms with van der Waals surface area (Å²) in [4.78, 5) is 15.1. The van der Waals surface area contributed by atoms with Crippen LogP contribution in [0.25, 0.3) is 89.1 Å². The first-order chi connectivity index (χ1) is 23.3. The zero-order chi connectivity index (χ0) is 31.2. The molecule has 0 amide bonds. The fourth-order valence-corrected chi connectivity index (χ4v) is 6.46. The molecule has 2 heterocycles. The van der Waals surface area contributed by atoms with Crippen LogP contribution in [0.1, 0.15) is 0 Å². The molecule has 2 aromatic heterocycles. The van der Waals surface area contributed by atoms with Gasteiger partial charge in [0.1, 0.15) is 11.2 Å². The van der Waals surface area contributed by atoms with E-state index in [0.717, 1.165) is 60.5 Å². The van der Waals surface area contributed by atoms with Gasteiger partial charge in [-0.3, -0.25) is 0 Å². The lowest BCUT2D eigenvalue weighted by Crippen LogP contribution is -2.00. The highest BCUT2D eigenvalue weighted by atomic mass is 16.3. The van der Waals surface area contributed by atoms with Crippen LogP contribution in [0.5, 0.6) is 0 Å². The van der Waals surface area contributed by atoms with Gasteiger partial charge in [0.05, 0.1) is 5.56 Å². The van der Waals surface area contributed by atoms with E-state index in [1.165, 1.54) is 11.1 Å². The fourth-order valence-electron chi connectivity index (χ4n) is 6.46. The van der Waals surface area contributed by atoms with E-state index in [1.807, 2.05) is 48.5 Å². The topological polar surface area (TPSA) is 51.8 Å². The standard InChI is InChI=1S/C43H27N3O/c1-4-14-28(15-5-1)31-20-12-21-32(26-31)42-44-41(30-18-8-3-9-19-30)45-43(46-42)36-25-13-24-35-38-27-37(29-16-6-2-7-17-29)33-22-10-11-23-34(33)40(38)47-39(35)36/h1-27H. The van der Waals surface area contributed by atoms with Crippen molar-refractivity contribution in [2.45, 2.75) is 0 Å². The van der Waals surface area contributed by atoms with Crippen molar-refractivity contribution < 1.29 is 4.42 Å². The van der Waals surface area contributed by atoms with Crippen LogP contribution < -0.4 is 0 Å². The molecule has 0 aliphatic heterocycles. The van der Waals surface area contributed by atoms with E-state index in [-0.39, 0.29) is 0 Å². The average molecular weight is 602 g/mol. The summed E-state index contributed by atoms with van der Waals surface area (Å²) >= 11 is 0. The zero-order valence-electron chi connectivity index (χ0n) is 25.3. The highest BCUT2D eigenvalue weighted by Gasteiger charge is 2.20. The van der Waals surface area contributed by atoms with E-state index in [2.05, 4.69) is 115 Å². The van der Waals surface area contributed by atoms with Crippen LogP contribution in [-0.2, 0) is 0 Å². The van der Waals surface area contributed by atoms with E-state index in [0.29, 0.717) is 17.5 Å². The summed E-state index contributed by atoms with van der Waals surface area (Å²) in [7, 11) is 0. The molecule has 0 spiro atoms. The predicted octanol–water partition coefficient (Wildman–Crippen LogP) is 11.3. The fraction of sp³-hybridized carbons (Fsp3) is 0. The summed E-state index contributed by atoms with van der Waals surface area (Å²) < 4.78 is 6.81. The van der Waals surface area contributed by atoms with Gasteiger partial charge in [-0.05, 0) is 45.8 Å². The maximum Gasteiger partial charge on any atom is 0.167 e. The number of benzene rings is 7. The SMILES string of the molecule is c1ccc(-c2cccc(-c3nc(-c4ccccc4)nc(-c4cccc5c4oc4c6ccccc6c(-c6ccccc6)cc54)n3)c2)cc1. The Bertz CT molecular complexity index is 2560. The minimum Gasteiger partial charge on any atom is -0.455 e. The average Bonchev–Trinajstić information content (AvgIpc) is 3.55. The molecule has 0 bridgehead atoms. The summed E-state index contributed by atoms with van der Waals surface area (Å²) in [6.07, 6.45) is 0. The molecule has 0 saturated heterocycles. The summed E-state index contributed by atoms with van der Waals surface area (Å²) in [6, 6.07) is 56.3. The van der Waals surface area contributed by atoms with Gasteiger partial charge in [-0.2, -0.15) is 0 Å². The number of fused-ring (bicyclic) bond motifs is 5. The van der Waals surface area contributed by atoms with Gasteiger partial charge < -0.3 is 4.42 Å². The monoisotopic (exact) mass is 601 g/mol. The third kappa shape index (κ3) is 4.75. The Labute approximate surface area is 271 Å². The summed E-state index contributed by atoms with van der Waals surface area (Å²) in [5, 5.41) is 4.31. The number of hydrogen-bond donors (Lipinski definition) is 0. The second kappa shape index (κ2) is 11.2. The Balaban J connectivity index is 1.28. The quantitative estimate of drug-likeness (QED) is 0.197. The molecule has 0 aliphatic carbocycles. The first-order valence-corrected chi connectivity index (χ1v) is 15.7. The second-order valence-electron chi connectivity index (χ2n) is 11.6.